The summed E-state index contributed by atoms with van der Waals surface area (Å²) in [5.41, 5.74) is 3.36. The van der Waals surface area contributed by atoms with Gasteiger partial charge >= 0.3 is 0 Å². The van der Waals surface area contributed by atoms with E-state index in [-0.39, 0.29) is 35.1 Å². The summed E-state index contributed by atoms with van der Waals surface area (Å²) in [6, 6.07) is 8.71. The third-order valence-corrected chi connectivity index (χ3v) is 6.29. The molecule has 1 spiro atoms. The highest BCUT2D eigenvalue weighted by molar-refractivity contribution is 5.85. The summed E-state index contributed by atoms with van der Waals surface area (Å²) >= 11 is 0. The first-order valence-corrected chi connectivity index (χ1v) is 8.70. The fourth-order valence-corrected chi connectivity index (χ4v) is 4.57. The van der Waals surface area contributed by atoms with E-state index in [2.05, 4.69) is 41.8 Å². The van der Waals surface area contributed by atoms with Gasteiger partial charge in [0.05, 0.1) is 0 Å². The van der Waals surface area contributed by atoms with Crippen LogP contribution in [0.2, 0.25) is 0 Å². The first-order chi connectivity index (χ1) is 10.6. The number of carbonyl (C=O) groups excluding carboxylic acids is 1. The van der Waals surface area contributed by atoms with E-state index in [1.54, 1.807) is 0 Å². The van der Waals surface area contributed by atoms with Gasteiger partial charge in [-0.15, -0.1) is 12.4 Å². The molecule has 3 aliphatic rings. The van der Waals surface area contributed by atoms with Crippen molar-refractivity contribution >= 4 is 18.3 Å². The highest BCUT2D eigenvalue weighted by Gasteiger charge is 2.61. The second kappa shape index (κ2) is 6.10. The first kappa shape index (κ1) is 16.8. The lowest BCUT2D eigenvalue weighted by molar-refractivity contribution is -0.123. The molecule has 1 aliphatic heterocycles. The topological polar surface area (TPSA) is 41.1 Å². The van der Waals surface area contributed by atoms with E-state index in [0.717, 1.165) is 51.7 Å². The largest absolute Gasteiger partial charge is 0.355 e. The molecule has 2 N–H and O–H groups in total. The summed E-state index contributed by atoms with van der Waals surface area (Å²) in [4.78, 5) is 12.6. The molecule has 4 heteroatoms. The van der Waals surface area contributed by atoms with Gasteiger partial charge in [0.2, 0.25) is 5.91 Å². The molecular formula is C19H27ClN2O. The van der Waals surface area contributed by atoms with Crippen LogP contribution < -0.4 is 10.6 Å². The second-order valence-electron chi connectivity index (χ2n) is 7.85. The number of rotatable bonds is 3. The Morgan fingerprint density at radius 1 is 1.26 bits per heavy atom. The van der Waals surface area contributed by atoms with Gasteiger partial charge in [-0.1, -0.05) is 31.2 Å². The Hall–Kier alpha value is -1.06. The second-order valence-corrected chi connectivity index (χ2v) is 7.85. The molecule has 3 nitrogen and oxygen atoms in total. The van der Waals surface area contributed by atoms with Gasteiger partial charge in [0.1, 0.15) is 0 Å². The van der Waals surface area contributed by atoms with E-state index in [4.69, 9.17) is 0 Å². The van der Waals surface area contributed by atoms with Crippen LogP contribution in [-0.4, -0.2) is 25.5 Å². The van der Waals surface area contributed by atoms with E-state index in [1.165, 1.54) is 11.1 Å². The number of carbonyl (C=O) groups is 1. The predicted octanol–water partition coefficient (Wildman–Crippen LogP) is 2.82. The van der Waals surface area contributed by atoms with Gasteiger partial charge in [0.15, 0.2) is 0 Å². The quantitative estimate of drug-likeness (QED) is 0.892. The maximum Gasteiger partial charge on any atom is 0.224 e. The molecule has 1 amide bonds. The van der Waals surface area contributed by atoms with Crippen LogP contribution in [0, 0.1) is 11.3 Å². The molecule has 1 aromatic rings. The van der Waals surface area contributed by atoms with Crippen molar-refractivity contribution in [2.24, 2.45) is 11.3 Å². The van der Waals surface area contributed by atoms with Crippen molar-refractivity contribution in [2.45, 2.75) is 44.4 Å². The number of piperidine rings is 1. The summed E-state index contributed by atoms with van der Waals surface area (Å²) < 4.78 is 0. The Labute approximate surface area is 145 Å². The van der Waals surface area contributed by atoms with Gasteiger partial charge in [-0.3, -0.25) is 4.79 Å². The van der Waals surface area contributed by atoms with Crippen molar-refractivity contribution < 1.29 is 4.79 Å². The van der Waals surface area contributed by atoms with Crippen molar-refractivity contribution in [2.75, 3.05) is 19.6 Å². The molecule has 1 heterocycles. The minimum absolute atomic E-state index is 0. The van der Waals surface area contributed by atoms with Crippen LogP contribution in [-0.2, 0) is 16.6 Å². The average Bonchev–Trinajstić information content (AvgIpc) is 3.16. The SMILES string of the molecule is CC1(CNC(=O)C2CC23CCc2ccccc23)CCNCC1.Cl. The third-order valence-electron chi connectivity index (χ3n) is 6.29. The Morgan fingerprint density at radius 3 is 2.78 bits per heavy atom. The van der Waals surface area contributed by atoms with Gasteiger partial charge < -0.3 is 10.6 Å². The number of hydrogen-bond donors (Lipinski definition) is 2. The van der Waals surface area contributed by atoms with Crippen LogP contribution in [0.25, 0.3) is 0 Å². The van der Waals surface area contributed by atoms with Crippen molar-refractivity contribution in [1.29, 1.82) is 0 Å². The van der Waals surface area contributed by atoms with Gasteiger partial charge in [-0.2, -0.15) is 0 Å². The van der Waals surface area contributed by atoms with E-state index >= 15 is 0 Å². The molecule has 2 fully saturated rings. The molecule has 126 valence electrons. The Balaban J connectivity index is 0.00000156. The molecule has 23 heavy (non-hydrogen) atoms. The number of amides is 1. The van der Waals surface area contributed by atoms with Crippen molar-refractivity contribution in [3.8, 4) is 0 Å². The smallest absolute Gasteiger partial charge is 0.224 e. The lowest BCUT2D eigenvalue weighted by Gasteiger charge is -2.34. The molecule has 1 saturated heterocycles. The van der Waals surface area contributed by atoms with Crippen LogP contribution in [0.3, 0.4) is 0 Å². The standard InChI is InChI=1S/C19H26N2O.ClH/c1-18(8-10-20-11-9-18)13-21-17(22)16-12-19(16)7-6-14-4-2-3-5-15(14)19;/h2-5,16,20H,6-13H2,1H3,(H,21,22);1H. The van der Waals surface area contributed by atoms with E-state index in [0.29, 0.717) is 0 Å². The Kier molecular flexibility index (Phi) is 4.45. The molecule has 0 bridgehead atoms. The monoisotopic (exact) mass is 334 g/mol. The minimum Gasteiger partial charge on any atom is -0.355 e. The normalized spacial score (nSPS) is 30.4. The molecule has 0 aromatic heterocycles. The average molecular weight is 335 g/mol. The van der Waals surface area contributed by atoms with Crippen molar-refractivity contribution in [3.05, 3.63) is 35.4 Å². The van der Waals surface area contributed by atoms with Gasteiger partial charge in [-0.05, 0) is 61.7 Å². The van der Waals surface area contributed by atoms with Crippen LogP contribution in [0.15, 0.2) is 24.3 Å². The summed E-state index contributed by atoms with van der Waals surface area (Å²) in [5, 5.41) is 6.67. The predicted molar refractivity (Wildman–Crippen MR) is 95.0 cm³/mol. The van der Waals surface area contributed by atoms with Gasteiger partial charge in [0, 0.05) is 17.9 Å². The Bertz CT molecular complexity index is 597. The van der Waals surface area contributed by atoms with Gasteiger partial charge in [0.25, 0.3) is 0 Å². The summed E-state index contributed by atoms with van der Waals surface area (Å²) in [7, 11) is 0. The van der Waals surface area contributed by atoms with E-state index in [9.17, 15) is 4.79 Å². The number of nitrogens with one attached hydrogen (secondary N) is 2. The molecule has 0 radical (unpaired) electrons. The highest BCUT2D eigenvalue weighted by Crippen LogP contribution is 2.61. The summed E-state index contributed by atoms with van der Waals surface area (Å²) in [5.74, 6) is 0.498. The van der Waals surface area contributed by atoms with Crippen LogP contribution in [0.1, 0.15) is 43.7 Å². The van der Waals surface area contributed by atoms with Crippen molar-refractivity contribution in [1.82, 2.24) is 10.6 Å². The van der Waals surface area contributed by atoms with E-state index < -0.39 is 0 Å². The molecule has 2 aliphatic carbocycles. The molecule has 4 rings (SSSR count). The fourth-order valence-electron chi connectivity index (χ4n) is 4.57. The number of aryl methyl sites for hydroxylation is 1. The highest BCUT2D eigenvalue weighted by atomic mass is 35.5. The fraction of sp³-hybridized carbons (Fsp3) is 0.632. The lowest BCUT2D eigenvalue weighted by atomic mass is 9.81. The number of halogens is 1. The van der Waals surface area contributed by atoms with Crippen molar-refractivity contribution in [3.63, 3.8) is 0 Å². The summed E-state index contributed by atoms with van der Waals surface area (Å²) in [6.45, 7) is 5.30. The maximum atomic E-state index is 12.6. The molecular weight excluding hydrogens is 308 g/mol. The van der Waals surface area contributed by atoms with E-state index in [1.807, 2.05) is 0 Å². The molecule has 1 saturated carbocycles. The number of fused-ring (bicyclic) bond motifs is 2. The number of benzene rings is 1. The zero-order valence-electron chi connectivity index (χ0n) is 13.9. The zero-order chi connectivity index (χ0) is 15.2. The first-order valence-electron chi connectivity index (χ1n) is 8.70. The maximum absolute atomic E-state index is 12.6. The number of hydrogen-bond acceptors (Lipinski definition) is 2. The van der Waals surface area contributed by atoms with Crippen LogP contribution >= 0.6 is 12.4 Å². The van der Waals surface area contributed by atoms with Gasteiger partial charge in [-0.25, -0.2) is 0 Å². The van der Waals surface area contributed by atoms with Crippen LogP contribution in [0.5, 0.6) is 0 Å². The molecule has 2 unspecified atom stereocenters. The summed E-state index contributed by atoms with van der Waals surface area (Å²) in [6.07, 6.45) is 5.67. The molecule has 2 atom stereocenters. The van der Waals surface area contributed by atoms with Crippen LogP contribution in [0.4, 0.5) is 0 Å². The molecule has 1 aromatic carbocycles. The minimum atomic E-state index is 0. The third kappa shape index (κ3) is 2.89. The zero-order valence-corrected chi connectivity index (χ0v) is 14.7. The lowest BCUT2D eigenvalue weighted by Crippen LogP contribution is -2.43. The Morgan fingerprint density at radius 2 is 2.00 bits per heavy atom.